The van der Waals surface area contributed by atoms with Crippen LogP contribution in [0.1, 0.15) is 74.8 Å². The molecule has 4 aromatic rings. The summed E-state index contributed by atoms with van der Waals surface area (Å²) in [5.74, 6) is -1.66. The van der Waals surface area contributed by atoms with E-state index >= 15 is 0 Å². The third kappa shape index (κ3) is 6.41. The molecule has 3 heterocycles. The first-order chi connectivity index (χ1) is 20.6. The molecule has 4 N–H and O–H groups in total. The molecule has 10 nitrogen and oxygen atoms in total. The van der Waals surface area contributed by atoms with Gasteiger partial charge in [-0.25, -0.2) is 4.39 Å². The second-order valence-electron chi connectivity index (χ2n) is 10.6. The number of nitrogens with one attached hydrogen (secondary N) is 3. The van der Waals surface area contributed by atoms with E-state index in [2.05, 4.69) is 22.2 Å². The zero-order valence-electron chi connectivity index (χ0n) is 23.9. The van der Waals surface area contributed by atoms with E-state index < -0.39 is 17.8 Å². The quantitative estimate of drug-likeness (QED) is 0.218. The van der Waals surface area contributed by atoms with Gasteiger partial charge in [-0.05, 0) is 66.1 Å². The van der Waals surface area contributed by atoms with Crippen molar-refractivity contribution in [1.82, 2.24) is 25.0 Å². The van der Waals surface area contributed by atoms with E-state index in [4.69, 9.17) is 5.10 Å². The fraction of sp³-hybridized carbons (Fsp3) is 0.250. The van der Waals surface area contributed by atoms with E-state index in [1.54, 1.807) is 65.2 Å². The number of aromatic amines is 1. The first-order valence-corrected chi connectivity index (χ1v) is 13.9. The normalized spacial score (nSPS) is 15.0. The third-order valence-electron chi connectivity index (χ3n) is 7.49. The molecule has 1 aliphatic heterocycles. The Labute approximate surface area is 248 Å². The summed E-state index contributed by atoms with van der Waals surface area (Å²) in [4.78, 5) is 43.4. The highest BCUT2D eigenvalue weighted by Crippen LogP contribution is 2.33. The van der Waals surface area contributed by atoms with Gasteiger partial charge in [-0.15, -0.1) is 0 Å². The number of H-pyrrole nitrogens is 1. The Morgan fingerprint density at radius 2 is 2.00 bits per heavy atom. The number of halogens is 1. The van der Waals surface area contributed by atoms with Gasteiger partial charge in [-0.2, -0.15) is 5.10 Å². The molecule has 0 fully saturated rings. The largest absolute Gasteiger partial charge is 0.389 e. The van der Waals surface area contributed by atoms with Crippen LogP contribution in [0.15, 0.2) is 73.4 Å². The summed E-state index contributed by atoms with van der Waals surface area (Å²) in [5.41, 5.74) is 4.44. The number of rotatable bonds is 9. The van der Waals surface area contributed by atoms with Crippen LogP contribution in [0.5, 0.6) is 0 Å². The van der Waals surface area contributed by atoms with Gasteiger partial charge in [0.1, 0.15) is 11.5 Å². The SMILES string of the molecule is C=CC(=O)NCc1cc(F)ccc1Cn1nc(C(=O)Nc2cccc([C@H](C)O)c2)c2c1[C@H](C)CN(C(=O)c1ccc[nH]1)C2. The maximum absolute atomic E-state index is 14.2. The minimum absolute atomic E-state index is 0.0857. The Morgan fingerprint density at radius 3 is 2.72 bits per heavy atom. The second kappa shape index (κ2) is 12.5. The lowest BCUT2D eigenvalue weighted by atomic mass is 9.95. The van der Waals surface area contributed by atoms with E-state index in [-0.39, 0.29) is 43.1 Å². The zero-order chi connectivity index (χ0) is 30.7. The Hall–Kier alpha value is -5.03. The van der Waals surface area contributed by atoms with Gasteiger partial charge in [0.15, 0.2) is 5.69 Å². The molecule has 11 heteroatoms. The van der Waals surface area contributed by atoms with Crippen molar-refractivity contribution < 1.29 is 23.9 Å². The number of aromatic nitrogens is 3. The lowest BCUT2D eigenvalue weighted by molar-refractivity contribution is -0.116. The molecule has 0 spiro atoms. The fourth-order valence-corrected chi connectivity index (χ4v) is 5.38. The number of anilines is 1. The van der Waals surface area contributed by atoms with E-state index in [9.17, 15) is 23.9 Å². The smallest absolute Gasteiger partial charge is 0.276 e. The highest BCUT2D eigenvalue weighted by atomic mass is 19.1. The molecular formula is C32H33FN6O4. The van der Waals surface area contributed by atoms with Gasteiger partial charge in [0, 0.05) is 42.1 Å². The van der Waals surface area contributed by atoms with Gasteiger partial charge in [0.25, 0.3) is 11.8 Å². The van der Waals surface area contributed by atoms with Gasteiger partial charge in [-0.3, -0.25) is 19.1 Å². The summed E-state index contributed by atoms with van der Waals surface area (Å²) >= 11 is 0. The Bertz CT molecular complexity index is 1680. The van der Waals surface area contributed by atoms with E-state index in [0.29, 0.717) is 40.2 Å². The molecule has 2 atom stereocenters. The van der Waals surface area contributed by atoms with E-state index in [0.717, 1.165) is 11.8 Å². The van der Waals surface area contributed by atoms with Crippen LogP contribution in [-0.2, 0) is 24.4 Å². The number of amides is 3. The molecule has 0 aliphatic carbocycles. The predicted molar refractivity (Wildman–Crippen MR) is 159 cm³/mol. The van der Waals surface area contributed by atoms with Crippen LogP contribution in [0.25, 0.3) is 0 Å². The van der Waals surface area contributed by atoms with Crippen LogP contribution in [-0.4, -0.2) is 49.0 Å². The average molecular weight is 585 g/mol. The number of aliphatic hydroxyl groups is 1. The summed E-state index contributed by atoms with van der Waals surface area (Å²) < 4.78 is 15.9. The first kappa shape index (κ1) is 29.5. The number of carbonyl (C=O) groups excluding carboxylic acids is 3. The van der Waals surface area contributed by atoms with Crippen molar-refractivity contribution in [3.63, 3.8) is 0 Å². The van der Waals surface area contributed by atoms with Crippen LogP contribution in [0.3, 0.4) is 0 Å². The van der Waals surface area contributed by atoms with Gasteiger partial charge in [0.05, 0.1) is 19.2 Å². The van der Waals surface area contributed by atoms with Crippen LogP contribution in [0, 0.1) is 5.82 Å². The molecule has 0 saturated carbocycles. The molecule has 5 rings (SSSR count). The Morgan fingerprint density at radius 1 is 1.19 bits per heavy atom. The van der Waals surface area contributed by atoms with Gasteiger partial charge in [-0.1, -0.05) is 31.7 Å². The Balaban J connectivity index is 1.52. The molecule has 2 aromatic carbocycles. The standard InChI is InChI=1S/C32H33FN6O4/c1-4-28(41)35-15-23-13-24(33)11-10-22(23)17-39-30-19(2)16-38(32(43)27-9-6-12-34-27)18-26(30)29(37-39)31(42)36-25-8-5-7-21(14-25)20(3)40/h4-14,19-20,34,40H,1,15-18H2,2-3H3,(H,35,41)(H,36,42)/t19-,20+/m1/s1. The van der Waals surface area contributed by atoms with Crippen molar-refractivity contribution >= 4 is 23.4 Å². The van der Waals surface area contributed by atoms with Crippen molar-refractivity contribution in [2.75, 3.05) is 11.9 Å². The Kier molecular flexibility index (Phi) is 8.53. The van der Waals surface area contributed by atoms with E-state index in [1.165, 1.54) is 12.1 Å². The molecule has 2 aromatic heterocycles. The van der Waals surface area contributed by atoms with Crippen LogP contribution < -0.4 is 10.6 Å². The number of hydrogen-bond donors (Lipinski definition) is 4. The lowest BCUT2D eigenvalue weighted by Gasteiger charge is -2.32. The van der Waals surface area contributed by atoms with Crippen molar-refractivity contribution in [2.45, 2.75) is 45.5 Å². The number of benzene rings is 2. The summed E-state index contributed by atoms with van der Waals surface area (Å²) in [6, 6.07) is 14.7. The first-order valence-electron chi connectivity index (χ1n) is 13.9. The van der Waals surface area contributed by atoms with Gasteiger partial charge >= 0.3 is 0 Å². The second-order valence-corrected chi connectivity index (χ2v) is 10.6. The summed E-state index contributed by atoms with van der Waals surface area (Å²) in [7, 11) is 0. The number of carbonyl (C=O) groups is 3. The molecule has 0 unspecified atom stereocenters. The molecule has 0 saturated heterocycles. The maximum atomic E-state index is 14.2. The topological polar surface area (TPSA) is 132 Å². The molecule has 222 valence electrons. The van der Waals surface area contributed by atoms with Crippen molar-refractivity contribution in [3.8, 4) is 0 Å². The average Bonchev–Trinajstić information content (AvgIpc) is 3.66. The molecule has 3 amide bonds. The summed E-state index contributed by atoms with van der Waals surface area (Å²) in [6.07, 6.45) is 2.12. The summed E-state index contributed by atoms with van der Waals surface area (Å²) in [6.45, 7) is 7.93. The van der Waals surface area contributed by atoms with Crippen LogP contribution in [0.4, 0.5) is 10.1 Å². The van der Waals surface area contributed by atoms with Crippen molar-refractivity contribution in [2.24, 2.45) is 0 Å². The highest BCUT2D eigenvalue weighted by molar-refractivity contribution is 6.04. The fourth-order valence-electron chi connectivity index (χ4n) is 5.38. The van der Waals surface area contributed by atoms with Crippen LogP contribution >= 0.6 is 0 Å². The minimum Gasteiger partial charge on any atom is -0.389 e. The number of aliphatic hydroxyl groups excluding tert-OH is 1. The molecule has 1 aliphatic rings. The molecule has 0 radical (unpaired) electrons. The summed E-state index contributed by atoms with van der Waals surface area (Å²) in [5, 5.41) is 20.3. The molecular weight excluding hydrogens is 551 g/mol. The molecule has 0 bridgehead atoms. The molecule has 43 heavy (non-hydrogen) atoms. The van der Waals surface area contributed by atoms with Crippen LogP contribution in [0.2, 0.25) is 0 Å². The predicted octanol–water partition coefficient (Wildman–Crippen LogP) is 4.27. The lowest BCUT2D eigenvalue weighted by Crippen LogP contribution is -2.38. The highest BCUT2D eigenvalue weighted by Gasteiger charge is 2.35. The number of fused-ring (bicyclic) bond motifs is 1. The zero-order valence-corrected chi connectivity index (χ0v) is 23.9. The van der Waals surface area contributed by atoms with Crippen molar-refractivity contribution in [3.05, 3.63) is 119 Å². The van der Waals surface area contributed by atoms with Crippen molar-refractivity contribution in [1.29, 1.82) is 0 Å². The third-order valence-corrected chi connectivity index (χ3v) is 7.49. The van der Waals surface area contributed by atoms with Gasteiger partial charge in [0.2, 0.25) is 5.91 Å². The van der Waals surface area contributed by atoms with Gasteiger partial charge < -0.3 is 25.6 Å². The maximum Gasteiger partial charge on any atom is 0.276 e. The van der Waals surface area contributed by atoms with E-state index in [1.807, 2.05) is 6.92 Å². The number of nitrogens with zero attached hydrogens (tertiary/aromatic N) is 3. The minimum atomic E-state index is -0.710. The monoisotopic (exact) mass is 584 g/mol. The number of hydrogen-bond acceptors (Lipinski definition) is 5.